The van der Waals surface area contributed by atoms with Gasteiger partial charge in [0.25, 0.3) is 0 Å². The molecule has 0 atom stereocenters. The largest absolute Gasteiger partial charge is 0.443 e. The first-order valence-corrected chi connectivity index (χ1v) is 10.3. The topological polar surface area (TPSA) is 84.7 Å². The third kappa shape index (κ3) is 4.64. The van der Waals surface area contributed by atoms with Gasteiger partial charge in [0, 0.05) is 25.5 Å². The number of hydrogen-bond donors (Lipinski definition) is 1. The predicted octanol–water partition coefficient (Wildman–Crippen LogP) is 4.64. The van der Waals surface area contributed by atoms with Crippen molar-refractivity contribution >= 4 is 34.8 Å². The molecule has 0 unspecified atom stereocenters. The van der Waals surface area contributed by atoms with Gasteiger partial charge in [0.2, 0.25) is 0 Å². The number of pyridine rings is 1. The van der Waals surface area contributed by atoms with E-state index < -0.39 is 11.7 Å². The normalized spacial score (nSPS) is 14.0. The Hall–Kier alpha value is -2.87. The Morgan fingerprint density at radius 3 is 2.73 bits per heavy atom. The number of halogens is 1. The van der Waals surface area contributed by atoms with Gasteiger partial charge in [-0.2, -0.15) is 0 Å². The average molecular weight is 429 g/mol. The fourth-order valence-corrected chi connectivity index (χ4v) is 3.31. The molecule has 1 saturated carbocycles. The molecule has 1 amide bonds. The van der Waals surface area contributed by atoms with Crippen LogP contribution in [0.15, 0.2) is 30.9 Å². The van der Waals surface area contributed by atoms with E-state index in [1.807, 2.05) is 37.4 Å². The van der Waals surface area contributed by atoms with E-state index in [-0.39, 0.29) is 0 Å². The van der Waals surface area contributed by atoms with Crippen LogP contribution >= 0.6 is 11.6 Å². The number of anilines is 2. The van der Waals surface area contributed by atoms with Gasteiger partial charge in [0.15, 0.2) is 5.65 Å². The first kappa shape index (κ1) is 20.4. The molecule has 0 aromatic carbocycles. The molecule has 0 aliphatic heterocycles. The fourth-order valence-electron chi connectivity index (χ4n) is 3.16. The Kier molecular flexibility index (Phi) is 5.27. The van der Waals surface area contributed by atoms with Crippen LogP contribution in [0.5, 0.6) is 0 Å². The molecule has 9 heteroatoms. The third-order valence-electron chi connectivity index (χ3n) is 4.76. The maximum Gasteiger partial charge on any atom is 0.414 e. The third-order valence-corrected chi connectivity index (χ3v) is 4.97. The molecule has 3 heterocycles. The minimum Gasteiger partial charge on any atom is -0.443 e. The highest BCUT2D eigenvalue weighted by Crippen LogP contribution is 2.41. The molecule has 0 spiro atoms. The maximum absolute atomic E-state index is 12.7. The van der Waals surface area contributed by atoms with Crippen molar-refractivity contribution in [3.63, 3.8) is 0 Å². The molecule has 1 aliphatic carbocycles. The summed E-state index contributed by atoms with van der Waals surface area (Å²) in [6, 6.07) is 3.70. The number of amides is 1. The first-order valence-electron chi connectivity index (χ1n) is 9.89. The lowest BCUT2D eigenvalue weighted by Crippen LogP contribution is -2.34. The van der Waals surface area contributed by atoms with E-state index in [2.05, 4.69) is 21.5 Å². The van der Waals surface area contributed by atoms with Crippen LogP contribution in [-0.2, 0) is 11.3 Å². The Morgan fingerprint density at radius 2 is 2.07 bits per heavy atom. The van der Waals surface area contributed by atoms with Crippen LogP contribution in [0, 0.1) is 0 Å². The number of hydrogen-bond acceptors (Lipinski definition) is 6. The number of nitrogens with one attached hydrogen (secondary N) is 1. The van der Waals surface area contributed by atoms with Crippen LogP contribution < -0.4 is 10.2 Å². The van der Waals surface area contributed by atoms with Crippen molar-refractivity contribution in [3.8, 4) is 0 Å². The molecule has 4 rings (SSSR count). The SMILES string of the molecule is CN(C(=O)OC(C)(C)C)c1cc(C2CC2)cn2cc(CNc3cc(Cl)ncn3)nc12. The van der Waals surface area contributed by atoms with Crippen molar-refractivity contribution in [1.82, 2.24) is 19.4 Å². The monoisotopic (exact) mass is 428 g/mol. The summed E-state index contributed by atoms with van der Waals surface area (Å²) < 4.78 is 7.53. The summed E-state index contributed by atoms with van der Waals surface area (Å²) in [6.45, 7) is 6.03. The second-order valence-corrected chi connectivity index (χ2v) is 8.90. The van der Waals surface area contributed by atoms with Crippen molar-refractivity contribution in [2.24, 2.45) is 0 Å². The number of imidazole rings is 1. The zero-order chi connectivity index (χ0) is 21.5. The Balaban J connectivity index is 1.64. The van der Waals surface area contributed by atoms with E-state index >= 15 is 0 Å². The lowest BCUT2D eigenvalue weighted by molar-refractivity contribution is 0.0589. The summed E-state index contributed by atoms with van der Waals surface area (Å²) in [5, 5.41) is 3.57. The number of fused-ring (bicyclic) bond motifs is 1. The van der Waals surface area contributed by atoms with E-state index in [0.717, 1.165) is 11.4 Å². The molecular weight excluding hydrogens is 404 g/mol. The molecule has 0 saturated heterocycles. The molecule has 1 N–H and O–H groups in total. The summed E-state index contributed by atoms with van der Waals surface area (Å²) in [7, 11) is 1.72. The summed E-state index contributed by atoms with van der Waals surface area (Å²) in [5.74, 6) is 1.16. The molecule has 158 valence electrons. The van der Waals surface area contributed by atoms with Crippen molar-refractivity contribution < 1.29 is 9.53 Å². The summed E-state index contributed by atoms with van der Waals surface area (Å²) in [6.07, 6.45) is 7.39. The lowest BCUT2D eigenvalue weighted by atomic mass is 10.1. The number of rotatable bonds is 5. The second kappa shape index (κ2) is 7.75. The summed E-state index contributed by atoms with van der Waals surface area (Å²) in [5.41, 5.74) is 2.87. The van der Waals surface area contributed by atoms with Gasteiger partial charge in [-0.25, -0.2) is 19.7 Å². The van der Waals surface area contributed by atoms with E-state index in [1.54, 1.807) is 13.1 Å². The van der Waals surface area contributed by atoms with Gasteiger partial charge in [-0.3, -0.25) is 4.90 Å². The van der Waals surface area contributed by atoms with Crippen LogP contribution in [0.25, 0.3) is 5.65 Å². The van der Waals surface area contributed by atoms with Crippen molar-refractivity contribution in [1.29, 1.82) is 0 Å². The zero-order valence-electron chi connectivity index (χ0n) is 17.5. The fraction of sp³-hybridized carbons (Fsp3) is 0.429. The smallest absolute Gasteiger partial charge is 0.414 e. The van der Waals surface area contributed by atoms with Crippen LogP contribution in [0.4, 0.5) is 16.3 Å². The van der Waals surface area contributed by atoms with Crippen LogP contribution in [0.1, 0.15) is 50.8 Å². The van der Waals surface area contributed by atoms with Gasteiger partial charge >= 0.3 is 6.09 Å². The van der Waals surface area contributed by atoms with E-state index in [0.29, 0.717) is 29.1 Å². The highest BCUT2D eigenvalue weighted by atomic mass is 35.5. The van der Waals surface area contributed by atoms with Gasteiger partial charge in [-0.05, 0) is 51.2 Å². The first-order chi connectivity index (χ1) is 14.2. The van der Waals surface area contributed by atoms with Crippen molar-refractivity contribution in [2.45, 2.75) is 51.7 Å². The van der Waals surface area contributed by atoms with E-state index in [1.165, 1.54) is 29.6 Å². The maximum atomic E-state index is 12.7. The highest BCUT2D eigenvalue weighted by Gasteiger charge is 2.28. The zero-order valence-corrected chi connectivity index (χ0v) is 18.3. The molecule has 1 fully saturated rings. The number of carbonyl (C=O) groups is 1. The quantitative estimate of drug-likeness (QED) is 0.596. The number of nitrogens with zero attached hydrogens (tertiary/aromatic N) is 5. The van der Waals surface area contributed by atoms with Gasteiger partial charge in [-0.15, -0.1) is 0 Å². The Labute approximate surface area is 180 Å². The minimum absolute atomic E-state index is 0.373. The number of carbonyl (C=O) groups excluding carboxylic acids is 1. The van der Waals surface area contributed by atoms with Gasteiger partial charge < -0.3 is 14.5 Å². The lowest BCUT2D eigenvalue weighted by Gasteiger charge is -2.25. The molecule has 0 bridgehead atoms. The van der Waals surface area contributed by atoms with Crippen molar-refractivity contribution in [2.75, 3.05) is 17.3 Å². The molecule has 3 aromatic rings. The summed E-state index contributed by atoms with van der Waals surface area (Å²) >= 11 is 5.91. The molecule has 0 radical (unpaired) electrons. The van der Waals surface area contributed by atoms with Crippen LogP contribution in [0.3, 0.4) is 0 Å². The Morgan fingerprint density at radius 1 is 1.30 bits per heavy atom. The predicted molar refractivity (Wildman–Crippen MR) is 116 cm³/mol. The minimum atomic E-state index is -0.570. The number of aromatic nitrogens is 4. The molecule has 3 aromatic heterocycles. The molecular formula is C21H25ClN6O2. The summed E-state index contributed by atoms with van der Waals surface area (Å²) in [4.78, 5) is 27.0. The highest BCUT2D eigenvalue weighted by molar-refractivity contribution is 6.29. The Bertz CT molecular complexity index is 1090. The van der Waals surface area contributed by atoms with Crippen LogP contribution in [-0.4, -0.2) is 38.1 Å². The van der Waals surface area contributed by atoms with E-state index in [9.17, 15) is 4.79 Å². The second-order valence-electron chi connectivity index (χ2n) is 8.51. The number of ether oxygens (including phenoxy) is 1. The average Bonchev–Trinajstić information content (AvgIpc) is 3.43. The van der Waals surface area contributed by atoms with Gasteiger partial charge in [0.1, 0.15) is 22.9 Å². The molecule has 30 heavy (non-hydrogen) atoms. The van der Waals surface area contributed by atoms with Crippen molar-refractivity contribution in [3.05, 3.63) is 47.3 Å². The standard InChI is InChI=1S/C21H25ClN6O2/c1-21(2,3)30-20(29)27(4)16-7-14(13-5-6-13)10-28-11-15(26-19(16)28)9-23-18-8-17(22)24-12-25-18/h7-8,10-13H,5-6,9H2,1-4H3,(H,23,24,25). The molecule has 8 nitrogen and oxygen atoms in total. The van der Waals surface area contributed by atoms with Gasteiger partial charge in [0.05, 0.1) is 17.9 Å². The van der Waals surface area contributed by atoms with Gasteiger partial charge in [-0.1, -0.05) is 11.6 Å². The van der Waals surface area contributed by atoms with Crippen LogP contribution in [0.2, 0.25) is 5.15 Å². The van der Waals surface area contributed by atoms with E-state index in [4.69, 9.17) is 21.3 Å². The molecule has 1 aliphatic rings.